The van der Waals surface area contributed by atoms with Crippen LogP contribution < -0.4 is 10.6 Å². The number of rotatable bonds is 1. The minimum Gasteiger partial charge on any atom is -0.331 e. The molecule has 2 amide bonds. The summed E-state index contributed by atoms with van der Waals surface area (Å²) in [6.45, 7) is 1.82. The summed E-state index contributed by atoms with van der Waals surface area (Å²) in [4.78, 5) is 12.9. The highest BCUT2D eigenvalue weighted by Crippen LogP contribution is 2.19. The van der Waals surface area contributed by atoms with Gasteiger partial charge in [0, 0.05) is 32.9 Å². The van der Waals surface area contributed by atoms with E-state index in [1.807, 2.05) is 12.1 Å². The Labute approximate surface area is 89.3 Å². The third kappa shape index (κ3) is 2.10. The maximum Gasteiger partial charge on any atom is 0.321 e. The van der Waals surface area contributed by atoms with Crippen molar-refractivity contribution in [2.24, 2.45) is 0 Å². The predicted octanol–water partition coefficient (Wildman–Crippen LogP) is 1.38. The van der Waals surface area contributed by atoms with Gasteiger partial charge in [0.05, 0.1) is 0 Å². The van der Waals surface area contributed by atoms with Gasteiger partial charge in [-0.15, -0.1) is 0 Å². The Balaban J connectivity index is 2.13. The molecule has 0 atom stereocenters. The van der Waals surface area contributed by atoms with E-state index in [-0.39, 0.29) is 6.03 Å². The lowest BCUT2D eigenvalue weighted by Crippen LogP contribution is -2.27. The van der Waals surface area contributed by atoms with Gasteiger partial charge in [0.2, 0.25) is 0 Å². The number of hydrogen-bond donors (Lipinski definition) is 2. The van der Waals surface area contributed by atoms with E-state index < -0.39 is 0 Å². The highest BCUT2D eigenvalue weighted by Gasteiger charge is 2.11. The Hall–Kier alpha value is -1.55. The second-order valence-electron chi connectivity index (χ2n) is 3.91. The Kier molecular flexibility index (Phi) is 2.60. The Bertz CT molecular complexity index is 387. The number of anilines is 1. The molecule has 0 spiro atoms. The summed E-state index contributed by atoms with van der Waals surface area (Å²) in [5, 5.41) is 6.10. The van der Waals surface area contributed by atoms with Crippen molar-refractivity contribution in [2.45, 2.75) is 13.1 Å². The molecule has 0 unspecified atom stereocenters. The molecule has 1 aromatic carbocycles. The van der Waals surface area contributed by atoms with E-state index in [0.717, 1.165) is 18.8 Å². The monoisotopic (exact) mass is 205 g/mol. The van der Waals surface area contributed by atoms with Crippen molar-refractivity contribution in [1.82, 2.24) is 10.2 Å². The molecule has 0 bridgehead atoms. The number of carbonyl (C=O) groups is 1. The van der Waals surface area contributed by atoms with Gasteiger partial charge >= 0.3 is 6.03 Å². The van der Waals surface area contributed by atoms with Crippen molar-refractivity contribution in [3.8, 4) is 0 Å². The maximum atomic E-state index is 11.4. The lowest BCUT2D eigenvalue weighted by Gasteiger charge is -2.12. The van der Waals surface area contributed by atoms with Crippen LogP contribution in [0.5, 0.6) is 0 Å². The molecule has 1 aromatic rings. The van der Waals surface area contributed by atoms with Crippen LogP contribution in [0.4, 0.5) is 10.5 Å². The van der Waals surface area contributed by atoms with Crippen LogP contribution in [0.15, 0.2) is 18.2 Å². The zero-order valence-corrected chi connectivity index (χ0v) is 9.00. The van der Waals surface area contributed by atoms with Crippen LogP contribution in [-0.2, 0) is 13.1 Å². The standard InChI is InChI=1S/C11H15N3O/c1-14(2)11(15)13-10-4-3-8-6-12-7-9(8)5-10/h3-5,12H,6-7H2,1-2H3,(H,13,15). The van der Waals surface area contributed by atoms with Gasteiger partial charge in [0.15, 0.2) is 0 Å². The Morgan fingerprint density at radius 3 is 2.80 bits per heavy atom. The van der Waals surface area contributed by atoms with Gasteiger partial charge in [0.25, 0.3) is 0 Å². The number of carbonyl (C=O) groups excluding carboxylic acids is 1. The first-order valence-electron chi connectivity index (χ1n) is 4.97. The van der Waals surface area contributed by atoms with Gasteiger partial charge in [-0.25, -0.2) is 4.79 Å². The van der Waals surface area contributed by atoms with E-state index in [0.29, 0.717) is 0 Å². The highest BCUT2D eigenvalue weighted by atomic mass is 16.2. The fraction of sp³-hybridized carbons (Fsp3) is 0.364. The van der Waals surface area contributed by atoms with Crippen LogP contribution in [0.3, 0.4) is 0 Å². The smallest absolute Gasteiger partial charge is 0.321 e. The molecule has 4 heteroatoms. The van der Waals surface area contributed by atoms with E-state index >= 15 is 0 Å². The van der Waals surface area contributed by atoms with Gasteiger partial charge in [-0.1, -0.05) is 6.07 Å². The molecule has 2 rings (SSSR count). The number of nitrogens with zero attached hydrogens (tertiary/aromatic N) is 1. The Morgan fingerprint density at radius 1 is 1.33 bits per heavy atom. The molecule has 0 radical (unpaired) electrons. The number of benzene rings is 1. The minimum atomic E-state index is -0.0964. The molecular weight excluding hydrogens is 190 g/mol. The van der Waals surface area contributed by atoms with E-state index in [2.05, 4.69) is 16.7 Å². The van der Waals surface area contributed by atoms with Crippen LogP contribution in [-0.4, -0.2) is 25.0 Å². The summed E-state index contributed by atoms with van der Waals surface area (Å²) in [5.74, 6) is 0. The normalized spacial score (nSPS) is 13.5. The molecule has 0 saturated carbocycles. The van der Waals surface area contributed by atoms with Gasteiger partial charge < -0.3 is 15.5 Å². The summed E-state index contributed by atoms with van der Waals surface area (Å²) in [6, 6.07) is 5.92. The molecular formula is C11H15N3O. The van der Waals surface area contributed by atoms with Crippen molar-refractivity contribution >= 4 is 11.7 Å². The van der Waals surface area contributed by atoms with Gasteiger partial charge in [0.1, 0.15) is 0 Å². The summed E-state index contributed by atoms with van der Waals surface area (Å²) >= 11 is 0. The molecule has 1 aliphatic heterocycles. The van der Waals surface area contributed by atoms with Crippen LogP contribution in [0, 0.1) is 0 Å². The minimum absolute atomic E-state index is 0.0964. The summed E-state index contributed by atoms with van der Waals surface area (Å²) in [6.07, 6.45) is 0. The fourth-order valence-corrected chi connectivity index (χ4v) is 1.61. The van der Waals surface area contributed by atoms with Gasteiger partial charge in [-0.2, -0.15) is 0 Å². The molecule has 0 aromatic heterocycles. The summed E-state index contributed by atoms with van der Waals surface area (Å²) < 4.78 is 0. The van der Waals surface area contributed by atoms with Crippen molar-refractivity contribution in [1.29, 1.82) is 0 Å². The highest BCUT2D eigenvalue weighted by molar-refractivity contribution is 5.89. The average molecular weight is 205 g/mol. The molecule has 15 heavy (non-hydrogen) atoms. The van der Waals surface area contributed by atoms with Gasteiger partial charge in [-0.3, -0.25) is 0 Å². The molecule has 1 aliphatic rings. The second kappa shape index (κ2) is 3.90. The van der Waals surface area contributed by atoms with Crippen LogP contribution >= 0.6 is 0 Å². The zero-order valence-electron chi connectivity index (χ0n) is 9.00. The fourth-order valence-electron chi connectivity index (χ4n) is 1.61. The maximum absolute atomic E-state index is 11.4. The first-order valence-corrected chi connectivity index (χ1v) is 4.97. The first-order chi connectivity index (χ1) is 7.16. The van der Waals surface area contributed by atoms with Crippen molar-refractivity contribution < 1.29 is 4.79 Å². The molecule has 80 valence electrons. The molecule has 0 fully saturated rings. The summed E-state index contributed by atoms with van der Waals surface area (Å²) in [7, 11) is 3.45. The average Bonchev–Trinajstić information content (AvgIpc) is 2.64. The van der Waals surface area contributed by atoms with E-state index in [1.54, 1.807) is 14.1 Å². The lowest BCUT2D eigenvalue weighted by atomic mass is 10.1. The SMILES string of the molecule is CN(C)C(=O)Nc1ccc2c(c1)CNC2. The van der Waals surface area contributed by atoms with Crippen molar-refractivity contribution in [2.75, 3.05) is 19.4 Å². The van der Waals surface area contributed by atoms with E-state index in [4.69, 9.17) is 0 Å². The predicted molar refractivity (Wildman–Crippen MR) is 59.7 cm³/mol. The zero-order chi connectivity index (χ0) is 10.8. The quantitative estimate of drug-likeness (QED) is 0.727. The van der Waals surface area contributed by atoms with Crippen LogP contribution in [0.1, 0.15) is 11.1 Å². The summed E-state index contributed by atoms with van der Waals surface area (Å²) in [5.41, 5.74) is 3.44. The molecule has 0 aliphatic carbocycles. The molecule has 0 saturated heterocycles. The molecule has 1 heterocycles. The topological polar surface area (TPSA) is 44.4 Å². The van der Waals surface area contributed by atoms with Crippen molar-refractivity contribution in [3.63, 3.8) is 0 Å². The number of amides is 2. The lowest BCUT2D eigenvalue weighted by molar-refractivity contribution is 0.230. The second-order valence-corrected chi connectivity index (χ2v) is 3.91. The third-order valence-electron chi connectivity index (χ3n) is 2.49. The van der Waals surface area contributed by atoms with Gasteiger partial charge in [-0.05, 0) is 23.3 Å². The first kappa shape index (κ1) is 9.98. The Morgan fingerprint density at radius 2 is 2.07 bits per heavy atom. The van der Waals surface area contributed by atoms with E-state index in [1.165, 1.54) is 16.0 Å². The van der Waals surface area contributed by atoms with Crippen molar-refractivity contribution in [3.05, 3.63) is 29.3 Å². The largest absolute Gasteiger partial charge is 0.331 e. The van der Waals surface area contributed by atoms with E-state index in [9.17, 15) is 4.79 Å². The van der Waals surface area contributed by atoms with Crippen LogP contribution in [0.2, 0.25) is 0 Å². The van der Waals surface area contributed by atoms with Crippen LogP contribution in [0.25, 0.3) is 0 Å². The molecule has 2 N–H and O–H groups in total. The third-order valence-corrected chi connectivity index (χ3v) is 2.49. The number of hydrogen-bond acceptors (Lipinski definition) is 2. The number of nitrogens with one attached hydrogen (secondary N) is 2. The molecule has 4 nitrogen and oxygen atoms in total. The number of urea groups is 1. The number of fused-ring (bicyclic) bond motifs is 1.